The van der Waals surface area contributed by atoms with Crippen LogP contribution < -0.4 is 5.32 Å². The maximum absolute atomic E-state index is 13.5. The van der Waals surface area contributed by atoms with Crippen LogP contribution in [0.4, 0.5) is 0 Å². The van der Waals surface area contributed by atoms with Crippen molar-refractivity contribution in [1.29, 1.82) is 0 Å². The van der Waals surface area contributed by atoms with E-state index in [-0.39, 0.29) is 17.9 Å². The topological polar surface area (TPSA) is 67.2 Å². The molecule has 1 saturated carbocycles. The standard InChI is InChI=1S/C23H32N4O2S/c1-16(2)11-12-26-21(28)19-14-18(20-10-7-13-30-20)25-27(19)15-23(26,3)22(29)24-17-8-5-4-6-9-17/h7,10,13-14,16-17H,4-6,8-9,11-12,15H2,1-3H3,(H,24,29)/t23-/m1/s1. The zero-order valence-electron chi connectivity index (χ0n) is 18.2. The lowest BCUT2D eigenvalue weighted by atomic mass is 9.91. The number of fused-ring (bicyclic) bond motifs is 1. The van der Waals surface area contributed by atoms with E-state index in [1.54, 1.807) is 20.9 Å². The molecule has 30 heavy (non-hydrogen) atoms. The zero-order chi connectivity index (χ0) is 21.3. The highest BCUT2D eigenvalue weighted by Gasteiger charge is 2.48. The second-order valence-corrected chi connectivity index (χ2v) is 10.2. The number of carbonyl (C=O) groups is 2. The van der Waals surface area contributed by atoms with Gasteiger partial charge in [0, 0.05) is 12.6 Å². The van der Waals surface area contributed by atoms with E-state index < -0.39 is 5.54 Å². The molecule has 1 aliphatic heterocycles. The Balaban J connectivity index is 1.64. The molecule has 0 saturated heterocycles. The molecule has 1 atom stereocenters. The number of aromatic nitrogens is 2. The second-order valence-electron chi connectivity index (χ2n) is 9.27. The third kappa shape index (κ3) is 4.04. The summed E-state index contributed by atoms with van der Waals surface area (Å²) >= 11 is 1.61. The van der Waals surface area contributed by atoms with Gasteiger partial charge in [-0.05, 0) is 49.6 Å². The summed E-state index contributed by atoms with van der Waals surface area (Å²) in [5.74, 6) is 0.306. The van der Waals surface area contributed by atoms with Crippen LogP contribution in [0.2, 0.25) is 0 Å². The first-order valence-corrected chi connectivity index (χ1v) is 12.0. The fourth-order valence-electron chi connectivity index (χ4n) is 4.51. The molecule has 0 unspecified atom stereocenters. The quantitative estimate of drug-likeness (QED) is 0.745. The minimum Gasteiger partial charge on any atom is -0.351 e. The molecule has 1 fully saturated rings. The van der Waals surface area contributed by atoms with Gasteiger partial charge < -0.3 is 10.2 Å². The number of hydrogen-bond donors (Lipinski definition) is 1. The minimum atomic E-state index is -0.935. The Morgan fingerprint density at radius 2 is 2.10 bits per heavy atom. The Kier molecular flexibility index (Phi) is 6.00. The highest BCUT2D eigenvalue weighted by Crippen LogP contribution is 2.32. The number of rotatable bonds is 6. The molecule has 2 amide bonds. The molecule has 2 aromatic rings. The van der Waals surface area contributed by atoms with Gasteiger partial charge in [-0.3, -0.25) is 14.3 Å². The highest BCUT2D eigenvalue weighted by atomic mass is 32.1. The summed E-state index contributed by atoms with van der Waals surface area (Å²) in [4.78, 5) is 29.8. The van der Waals surface area contributed by atoms with Crippen molar-refractivity contribution in [2.45, 2.75) is 77.4 Å². The smallest absolute Gasteiger partial charge is 0.273 e. The van der Waals surface area contributed by atoms with Gasteiger partial charge in [0.1, 0.15) is 16.9 Å². The third-order valence-corrected chi connectivity index (χ3v) is 7.32. The number of nitrogens with zero attached hydrogens (tertiary/aromatic N) is 3. The summed E-state index contributed by atoms with van der Waals surface area (Å²) in [6, 6.07) is 6.08. The molecule has 1 aliphatic carbocycles. The van der Waals surface area contributed by atoms with Crippen LogP contribution in [0.3, 0.4) is 0 Å². The average molecular weight is 429 g/mol. The van der Waals surface area contributed by atoms with Crippen molar-refractivity contribution in [3.8, 4) is 10.6 Å². The Hall–Kier alpha value is -2.15. The first-order chi connectivity index (χ1) is 14.4. The van der Waals surface area contributed by atoms with Crippen LogP contribution in [-0.2, 0) is 11.3 Å². The fourth-order valence-corrected chi connectivity index (χ4v) is 5.19. The molecule has 0 spiro atoms. The molecular formula is C23H32N4O2S. The lowest BCUT2D eigenvalue weighted by Gasteiger charge is -2.44. The summed E-state index contributed by atoms with van der Waals surface area (Å²) in [6.45, 7) is 7.15. The van der Waals surface area contributed by atoms with Crippen LogP contribution in [-0.4, -0.2) is 44.6 Å². The van der Waals surface area contributed by atoms with Gasteiger partial charge in [0.15, 0.2) is 0 Å². The molecule has 2 aliphatic rings. The Morgan fingerprint density at radius 3 is 2.77 bits per heavy atom. The largest absolute Gasteiger partial charge is 0.351 e. The van der Waals surface area contributed by atoms with Crippen molar-refractivity contribution in [2.75, 3.05) is 6.54 Å². The Morgan fingerprint density at radius 1 is 1.33 bits per heavy atom. The van der Waals surface area contributed by atoms with Crippen molar-refractivity contribution >= 4 is 23.2 Å². The molecule has 0 bridgehead atoms. The summed E-state index contributed by atoms with van der Waals surface area (Å²) < 4.78 is 1.74. The van der Waals surface area contributed by atoms with Gasteiger partial charge in [-0.15, -0.1) is 11.3 Å². The zero-order valence-corrected chi connectivity index (χ0v) is 19.0. The predicted octanol–water partition coefficient (Wildman–Crippen LogP) is 4.32. The van der Waals surface area contributed by atoms with E-state index in [0.717, 1.165) is 42.7 Å². The predicted molar refractivity (Wildman–Crippen MR) is 119 cm³/mol. The monoisotopic (exact) mass is 428 g/mol. The number of nitrogens with one attached hydrogen (secondary N) is 1. The summed E-state index contributed by atoms with van der Waals surface area (Å²) in [7, 11) is 0. The summed E-state index contributed by atoms with van der Waals surface area (Å²) in [5.41, 5.74) is 0.439. The van der Waals surface area contributed by atoms with Gasteiger partial charge in [0.05, 0.1) is 11.4 Å². The average Bonchev–Trinajstić information content (AvgIpc) is 3.38. The van der Waals surface area contributed by atoms with Gasteiger partial charge in [-0.25, -0.2) is 0 Å². The van der Waals surface area contributed by atoms with Crippen molar-refractivity contribution < 1.29 is 9.59 Å². The van der Waals surface area contributed by atoms with Crippen molar-refractivity contribution in [3.05, 3.63) is 29.3 Å². The first kappa shape index (κ1) is 21.1. The van der Waals surface area contributed by atoms with Crippen LogP contribution in [0.15, 0.2) is 23.6 Å². The highest BCUT2D eigenvalue weighted by molar-refractivity contribution is 7.13. The Bertz CT molecular complexity index is 898. The number of thiophene rings is 1. The van der Waals surface area contributed by atoms with Crippen molar-refractivity contribution in [3.63, 3.8) is 0 Å². The molecule has 7 heteroatoms. The molecule has 162 valence electrons. The molecule has 2 aromatic heterocycles. The molecule has 4 rings (SSSR count). The molecule has 0 radical (unpaired) electrons. The Labute approximate surface area is 182 Å². The molecule has 1 N–H and O–H groups in total. The van der Waals surface area contributed by atoms with Gasteiger partial charge in [-0.1, -0.05) is 39.2 Å². The van der Waals surface area contributed by atoms with E-state index in [2.05, 4.69) is 19.2 Å². The van der Waals surface area contributed by atoms with E-state index in [4.69, 9.17) is 5.10 Å². The van der Waals surface area contributed by atoms with Gasteiger partial charge in [0.2, 0.25) is 5.91 Å². The number of carbonyl (C=O) groups excluding carboxylic acids is 2. The van der Waals surface area contributed by atoms with Gasteiger partial charge >= 0.3 is 0 Å². The second kappa shape index (κ2) is 8.53. The molecule has 0 aromatic carbocycles. The number of hydrogen-bond acceptors (Lipinski definition) is 4. The lowest BCUT2D eigenvalue weighted by molar-refractivity contribution is -0.134. The third-order valence-electron chi connectivity index (χ3n) is 6.43. The first-order valence-electron chi connectivity index (χ1n) is 11.1. The van der Waals surface area contributed by atoms with E-state index in [9.17, 15) is 9.59 Å². The maximum atomic E-state index is 13.5. The summed E-state index contributed by atoms with van der Waals surface area (Å²) in [6.07, 6.45) is 6.47. The van der Waals surface area contributed by atoms with E-state index in [0.29, 0.717) is 24.7 Å². The minimum absolute atomic E-state index is 0.0506. The maximum Gasteiger partial charge on any atom is 0.273 e. The molecule has 3 heterocycles. The lowest BCUT2D eigenvalue weighted by Crippen LogP contribution is -2.65. The molecule has 6 nitrogen and oxygen atoms in total. The van der Waals surface area contributed by atoms with Crippen molar-refractivity contribution in [2.24, 2.45) is 5.92 Å². The van der Waals surface area contributed by atoms with Crippen LogP contribution >= 0.6 is 11.3 Å². The van der Waals surface area contributed by atoms with Gasteiger partial charge in [0.25, 0.3) is 5.91 Å². The van der Waals surface area contributed by atoms with Crippen LogP contribution in [0.5, 0.6) is 0 Å². The van der Waals surface area contributed by atoms with Crippen LogP contribution in [0.25, 0.3) is 10.6 Å². The van der Waals surface area contributed by atoms with Crippen LogP contribution in [0.1, 0.15) is 69.8 Å². The normalized spacial score (nSPS) is 22.4. The van der Waals surface area contributed by atoms with Gasteiger partial charge in [-0.2, -0.15) is 5.10 Å². The van der Waals surface area contributed by atoms with E-state index in [1.165, 1.54) is 6.42 Å². The van der Waals surface area contributed by atoms with E-state index in [1.807, 2.05) is 30.5 Å². The van der Waals surface area contributed by atoms with Crippen LogP contribution in [0, 0.1) is 5.92 Å². The molecular weight excluding hydrogens is 396 g/mol. The SMILES string of the molecule is CC(C)CCN1C(=O)c2cc(-c3cccs3)nn2C[C@]1(C)C(=O)NC1CCCCC1. The fraction of sp³-hybridized carbons (Fsp3) is 0.609. The van der Waals surface area contributed by atoms with Crippen molar-refractivity contribution in [1.82, 2.24) is 20.0 Å². The summed E-state index contributed by atoms with van der Waals surface area (Å²) in [5, 5.41) is 9.96. The van der Waals surface area contributed by atoms with E-state index >= 15 is 0 Å². The number of amides is 2.